The lowest BCUT2D eigenvalue weighted by Gasteiger charge is -2.31. The Morgan fingerprint density at radius 1 is 1.33 bits per heavy atom. The Balaban J connectivity index is 1.72. The van der Waals surface area contributed by atoms with E-state index in [1.54, 1.807) is 13.0 Å². The van der Waals surface area contributed by atoms with Gasteiger partial charge in [0.15, 0.2) is 0 Å². The second-order valence-corrected chi connectivity index (χ2v) is 5.81. The Morgan fingerprint density at radius 3 is 3.00 bits per heavy atom. The van der Waals surface area contributed by atoms with Gasteiger partial charge in [-0.15, -0.1) is 0 Å². The maximum absolute atomic E-state index is 12.7. The van der Waals surface area contributed by atoms with Crippen LogP contribution >= 0.6 is 0 Å². The van der Waals surface area contributed by atoms with Crippen LogP contribution in [0, 0.1) is 0 Å². The molecule has 3 aliphatic rings. The van der Waals surface area contributed by atoms with Gasteiger partial charge in [0.05, 0.1) is 12.2 Å². The molecule has 1 aromatic rings. The average molecular weight is 320 g/mol. The number of fused-ring (bicyclic) bond motifs is 3. The van der Waals surface area contributed by atoms with Crippen LogP contribution in [-0.2, 0) is 16.0 Å². The van der Waals surface area contributed by atoms with Crippen LogP contribution in [0.15, 0.2) is 64.6 Å². The van der Waals surface area contributed by atoms with Crippen molar-refractivity contribution in [2.24, 2.45) is 4.99 Å². The number of allylic oxidation sites excluding steroid dienone is 1. The first-order valence-electron chi connectivity index (χ1n) is 7.95. The number of rotatable bonds is 2. The summed E-state index contributed by atoms with van der Waals surface area (Å²) in [4.78, 5) is 31.1. The Labute approximate surface area is 139 Å². The number of Topliss-reactive ketones (excluding diaryl/α,β-unsaturated/α-hetero) is 1. The van der Waals surface area contributed by atoms with Crippen molar-refractivity contribution < 1.29 is 14.3 Å². The lowest BCUT2D eigenvalue weighted by atomic mass is 9.85. The zero-order valence-electron chi connectivity index (χ0n) is 13.3. The van der Waals surface area contributed by atoms with E-state index < -0.39 is 0 Å². The molecule has 0 spiro atoms. The molecule has 1 aliphatic carbocycles. The van der Waals surface area contributed by atoms with Crippen LogP contribution < -0.4 is 0 Å². The predicted molar refractivity (Wildman–Crippen MR) is 89.5 cm³/mol. The fourth-order valence-corrected chi connectivity index (χ4v) is 3.13. The van der Waals surface area contributed by atoms with Crippen molar-refractivity contribution in [1.82, 2.24) is 4.90 Å². The molecule has 0 unspecified atom stereocenters. The molecule has 4 rings (SSSR count). The van der Waals surface area contributed by atoms with E-state index in [1.165, 1.54) is 0 Å². The fourth-order valence-electron chi connectivity index (χ4n) is 3.13. The average Bonchev–Trinajstić information content (AvgIpc) is 2.60. The third-order valence-corrected chi connectivity index (χ3v) is 4.30. The van der Waals surface area contributed by atoms with E-state index in [4.69, 9.17) is 4.74 Å². The number of carbonyl (C=O) groups is 2. The third-order valence-electron chi connectivity index (χ3n) is 4.30. The van der Waals surface area contributed by atoms with Crippen molar-refractivity contribution in [3.63, 3.8) is 0 Å². The highest BCUT2D eigenvalue weighted by Crippen LogP contribution is 2.30. The van der Waals surface area contributed by atoms with Crippen LogP contribution in [0.25, 0.3) is 0 Å². The minimum Gasteiger partial charge on any atom is -0.462 e. The second-order valence-electron chi connectivity index (χ2n) is 5.81. The lowest BCUT2D eigenvalue weighted by molar-refractivity contribution is -0.138. The van der Waals surface area contributed by atoms with Crippen molar-refractivity contribution in [2.75, 3.05) is 13.2 Å². The molecule has 1 aromatic carbocycles. The molecular weight excluding hydrogens is 304 g/mol. The Kier molecular flexibility index (Phi) is 3.41. The van der Waals surface area contributed by atoms with Crippen molar-refractivity contribution in [3.8, 4) is 0 Å². The molecule has 0 saturated heterocycles. The topological polar surface area (TPSA) is 59.0 Å². The largest absolute Gasteiger partial charge is 0.462 e. The fraction of sp³-hybridized carbons (Fsp3) is 0.211. The number of aliphatic imine (C=N–C) groups is 1. The molecule has 0 N–H and O–H groups in total. The van der Waals surface area contributed by atoms with Crippen LogP contribution in [0.3, 0.4) is 0 Å². The van der Waals surface area contributed by atoms with E-state index in [2.05, 4.69) is 4.99 Å². The smallest absolute Gasteiger partial charge is 0.337 e. The van der Waals surface area contributed by atoms with Crippen molar-refractivity contribution in [1.29, 1.82) is 0 Å². The zero-order valence-corrected chi connectivity index (χ0v) is 13.3. The van der Waals surface area contributed by atoms with E-state index in [0.29, 0.717) is 42.2 Å². The summed E-state index contributed by atoms with van der Waals surface area (Å²) >= 11 is 0. The van der Waals surface area contributed by atoms with Crippen LogP contribution in [0.1, 0.15) is 22.8 Å². The van der Waals surface area contributed by atoms with E-state index >= 15 is 0 Å². The normalized spacial score (nSPS) is 18.4. The van der Waals surface area contributed by atoms with Gasteiger partial charge in [-0.1, -0.05) is 30.3 Å². The van der Waals surface area contributed by atoms with Gasteiger partial charge in [0.25, 0.3) is 0 Å². The van der Waals surface area contributed by atoms with Crippen molar-refractivity contribution >= 4 is 17.5 Å². The summed E-state index contributed by atoms with van der Waals surface area (Å²) in [6, 6.07) is 7.62. The highest BCUT2D eigenvalue weighted by Gasteiger charge is 2.32. The quantitative estimate of drug-likeness (QED) is 0.785. The summed E-state index contributed by atoms with van der Waals surface area (Å²) in [5.41, 5.74) is 3.61. The lowest BCUT2D eigenvalue weighted by Crippen LogP contribution is -2.33. The van der Waals surface area contributed by atoms with Crippen molar-refractivity contribution in [3.05, 3.63) is 70.7 Å². The van der Waals surface area contributed by atoms with Crippen LogP contribution in [0.5, 0.6) is 0 Å². The van der Waals surface area contributed by atoms with E-state index in [-0.39, 0.29) is 11.8 Å². The summed E-state index contributed by atoms with van der Waals surface area (Å²) in [5.74, 6) is 0.183. The number of hydrogen-bond donors (Lipinski definition) is 0. The predicted octanol–water partition coefficient (Wildman–Crippen LogP) is 2.41. The zero-order chi connectivity index (χ0) is 16.7. The summed E-state index contributed by atoms with van der Waals surface area (Å²) in [5, 5.41) is 0. The molecule has 120 valence electrons. The molecule has 5 nitrogen and oxygen atoms in total. The number of hydrogen-bond acceptors (Lipinski definition) is 5. The molecule has 2 aliphatic heterocycles. The summed E-state index contributed by atoms with van der Waals surface area (Å²) in [6.07, 6.45) is 6.15. The van der Waals surface area contributed by atoms with Gasteiger partial charge >= 0.3 is 5.97 Å². The molecule has 0 amide bonds. The number of ether oxygens (including phenoxy) is 1. The number of nitrogens with zero attached hydrogens (tertiary/aromatic N) is 2. The van der Waals surface area contributed by atoms with Gasteiger partial charge in [-0.25, -0.2) is 9.79 Å². The molecule has 5 heteroatoms. The molecular formula is C19H16N2O3. The molecule has 0 saturated carbocycles. The van der Waals surface area contributed by atoms with Crippen LogP contribution in [0.2, 0.25) is 0 Å². The molecule has 0 bridgehead atoms. The Bertz CT molecular complexity index is 874. The summed E-state index contributed by atoms with van der Waals surface area (Å²) in [7, 11) is 0. The first-order chi connectivity index (χ1) is 11.7. The molecule has 0 fully saturated rings. The van der Waals surface area contributed by atoms with Gasteiger partial charge in [0.2, 0.25) is 5.78 Å². The van der Waals surface area contributed by atoms with Crippen LogP contribution in [-0.4, -0.2) is 35.5 Å². The summed E-state index contributed by atoms with van der Waals surface area (Å²) < 4.78 is 5.03. The molecule has 0 aromatic heterocycles. The van der Waals surface area contributed by atoms with Gasteiger partial charge in [-0.05, 0) is 18.6 Å². The van der Waals surface area contributed by atoms with Gasteiger partial charge in [0, 0.05) is 30.3 Å². The molecule has 0 atom stereocenters. The van der Waals surface area contributed by atoms with Crippen molar-refractivity contribution in [2.45, 2.75) is 13.3 Å². The number of esters is 1. The third kappa shape index (κ3) is 2.29. The van der Waals surface area contributed by atoms with Gasteiger partial charge < -0.3 is 9.64 Å². The molecule has 24 heavy (non-hydrogen) atoms. The first kappa shape index (κ1) is 14.6. The molecule has 0 radical (unpaired) electrons. The first-order valence-corrected chi connectivity index (χ1v) is 7.95. The number of carbonyl (C=O) groups excluding carboxylic acids is 2. The molecule has 2 heterocycles. The summed E-state index contributed by atoms with van der Waals surface area (Å²) in [6.45, 7) is 2.64. The SMILES string of the molecule is CCOC(=O)C1=CCN2C=C3Cc4ccccc4C(=O)C3=NC2=C1. The van der Waals surface area contributed by atoms with E-state index in [1.807, 2.05) is 41.4 Å². The monoisotopic (exact) mass is 320 g/mol. The highest BCUT2D eigenvalue weighted by molar-refractivity contribution is 6.53. The Hall–Kier alpha value is -2.95. The van der Waals surface area contributed by atoms with Gasteiger partial charge in [-0.2, -0.15) is 0 Å². The Morgan fingerprint density at radius 2 is 2.17 bits per heavy atom. The second kappa shape index (κ2) is 5.60. The maximum Gasteiger partial charge on any atom is 0.337 e. The number of benzene rings is 1. The number of ketones is 1. The minimum atomic E-state index is -0.361. The standard InChI is InChI=1S/C19H16N2O3/c1-2-24-19(23)13-7-8-21-11-14-9-12-5-3-4-6-15(12)18(22)17(14)20-16(21)10-13/h3-7,10-11H,2,8-9H2,1H3. The van der Waals surface area contributed by atoms with Crippen LogP contribution in [0.4, 0.5) is 0 Å². The van der Waals surface area contributed by atoms with Gasteiger partial charge in [0.1, 0.15) is 11.5 Å². The van der Waals surface area contributed by atoms with E-state index in [0.717, 1.165) is 11.1 Å². The maximum atomic E-state index is 12.7. The van der Waals surface area contributed by atoms with Gasteiger partial charge in [-0.3, -0.25) is 4.79 Å². The minimum absolute atomic E-state index is 0.0594. The van der Waals surface area contributed by atoms with E-state index in [9.17, 15) is 9.59 Å². The highest BCUT2D eigenvalue weighted by atomic mass is 16.5.